The zero-order valence-electron chi connectivity index (χ0n) is 14.9. The van der Waals surface area contributed by atoms with Gasteiger partial charge in [0.25, 0.3) is 5.91 Å². The van der Waals surface area contributed by atoms with Crippen LogP contribution in [0.4, 0.5) is 11.5 Å². The van der Waals surface area contributed by atoms with Gasteiger partial charge in [-0.05, 0) is 12.1 Å². The Labute approximate surface area is 169 Å². The van der Waals surface area contributed by atoms with Crippen molar-refractivity contribution in [2.45, 2.75) is 6.54 Å². The SMILES string of the molecule is Nc1ncnc2c1C(=O)N(c1ccc(-c3cnn(CC(=O)O)c3)c(Cl)c1)CCO2. The molecule has 3 N–H and O–H groups in total. The quantitative estimate of drug-likeness (QED) is 0.658. The Morgan fingerprint density at radius 2 is 2.17 bits per heavy atom. The average Bonchev–Trinajstić information content (AvgIpc) is 3.04. The largest absolute Gasteiger partial charge is 0.480 e. The number of carboxylic acids is 1. The van der Waals surface area contributed by atoms with Crippen LogP contribution >= 0.6 is 11.6 Å². The number of fused-ring (bicyclic) bond motifs is 1. The van der Waals surface area contributed by atoms with Gasteiger partial charge in [0.1, 0.15) is 30.9 Å². The maximum atomic E-state index is 13.0. The first kappa shape index (κ1) is 18.7. The van der Waals surface area contributed by atoms with Crippen molar-refractivity contribution in [1.82, 2.24) is 19.7 Å². The summed E-state index contributed by atoms with van der Waals surface area (Å²) in [6, 6.07) is 5.12. The lowest BCUT2D eigenvalue weighted by atomic mass is 10.1. The lowest BCUT2D eigenvalue weighted by Crippen LogP contribution is -2.32. The average molecular weight is 415 g/mol. The second-order valence-corrected chi connectivity index (χ2v) is 6.64. The van der Waals surface area contributed by atoms with E-state index in [0.717, 1.165) is 0 Å². The molecule has 0 fully saturated rings. The van der Waals surface area contributed by atoms with Crippen LogP contribution in [-0.2, 0) is 11.3 Å². The lowest BCUT2D eigenvalue weighted by Gasteiger charge is -2.21. The molecule has 0 saturated heterocycles. The fourth-order valence-corrected chi connectivity index (χ4v) is 3.33. The van der Waals surface area contributed by atoms with Gasteiger partial charge in [0.2, 0.25) is 5.88 Å². The normalized spacial score (nSPS) is 13.6. The van der Waals surface area contributed by atoms with Crippen LogP contribution in [0.3, 0.4) is 0 Å². The summed E-state index contributed by atoms with van der Waals surface area (Å²) < 4.78 is 6.83. The van der Waals surface area contributed by atoms with Crippen molar-refractivity contribution in [1.29, 1.82) is 0 Å². The molecule has 0 saturated carbocycles. The van der Waals surface area contributed by atoms with Gasteiger partial charge in [0.15, 0.2) is 0 Å². The van der Waals surface area contributed by atoms with E-state index in [1.165, 1.54) is 22.1 Å². The van der Waals surface area contributed by atoms with Crippen LogP contribution in [0.2, 0.25) is 5.02 Å². The van der Waals surface area contributed by atoms with Crippen molar-refractivity contribution in [3.05, 3.63) is 47.5 Å². The Kier molecular flexibility index (Phi) is 4.77. The number of ether oxygens (including phenoxy) is 1. The predicted molar refractivity (Wildman–Crippen MR) is 104 cm³/mol. The van der Waals surface area contributed by atoms with Gasteiger partial charge in [-0.3, -0.25) is 14.3 Å². The second-order valence-electron chi connectivity index (χ2n) is 6.23. The van der Waals surface area contributed by atoms with Crippen molar-refractivity contribution in [2.24, 2.45) is 0 Å². The topological polar surface area (TPSA) is 136 Å². The molecule has 1 aliphatic heterocycles. The third-order valence-corrected chi connectivity index (χ3v) is 4.67. The fourth-order valence-electron chi connectivity index (χ4n) is 3.04. The molecular formula is C18H15ClN6O4. The molecule has 0 unspecified atom stereocenters. The summed E-state index contributed by atoms with van der Waals surface area (Å²) in [4.78, 5) is 33.2. The monoisotopic (exact) mass is 414 g/mol. The van der Waals surface area contributed by atoms with Gasteiger partial charge in [0, 0.05) is 23.0 Å². The number of amides is 1. The number of hydrogen-bond donors (Lipinski definition) is 2. The highest BCUT2D eigenvalue weighted by Crippen LogP contribution is 2.33. The van der Waals surface area contributed by atoms with E-state index in [4.69, 9.17) is 27.2 Å². The van der Waals surface area contributed by atoms with Crippen molar-refractivity contribution in [3.63, 3.8) is 0 Å². The molecule has 10 nitrogen and oxygen atoms in total. The van der Waals surface area contributed by atoms with E-state index in [9.17, 15) is 9.59 Å². The number of aromatic nitrogens is 4. The van der Waals surface area contributed by atoms with Crippen LogP contribution in [0.25, 0.3) is 11.1 Å². The third-order valence-electron chi connectivity index (χ3n) is 4.36. The molecule has 3 aromatic rings. The number of benzene rings is 1. The molecule has 11 heteroatoms. The highest BCUT2D eigenvalue weighted by molar-refractivity contribution is 6.33. The van der Waals surface area contributed by atoms with Crippen LogP contribution in [0, 0.1) is 0 Å². The summed E-state index contributed by atoms with van der Waals surface area (Å²) >= 11 is 6.45. The summed E-state index contributed by atoms with van der Waals surface area (Å²) in [6.07, 6.45) is 4.37. The maximum Gasteiger partial charge on any atom is 0.325 e. The van der Waals surface area contributed by atoms with Gasteiger partial charge in [-0.25, -0.2) is 9.97 Å². The fraction of sp³-hybridized carbons (Fsp3) is 0.167. The highest BCUT2D eigenvalue weighted by atomic mass is 35.5. The third kappa shape index (κ3) is 3.57. The molecule has 0 bridgehead atoms. The number of rotatable bonds is 4. The minimum Gasteiger partial charge on any atom is -0.480 e. The summed E-state index contributed by atoms with van der Waals surface area (Å²) in [7, 11) is 0. The molecule has 1 aliphatic rings. The minimum absolute atomic E-state index is 0.0421. The maximum absolute atomic E-state index is 13.0. The first-order valence-corrected chi connectivity index (χ1v) is 8.91. The van der Waals surface area contributed by atoms with Crippen LogP contribution < -0.4 is 15.4 Å². The summed E-state index contributed by atoms with van der Waals surface area (Å²) in [6.45, 7) is 0.262. The van der Waals surface area contributed by atoms with Gasteiger partial charge < -0.3 is 20.5 Å². The van der Waals surface area contributed by atoms with Gasteiger partial charge in [-0.2, -0.15) is 5.10 Å². The zero-order chi connectivity index (χ0) is 20.5. The van der Waals surface area contributed by atoms with E-state index >= 15 is 0 Å². The van der Waals surface area contributed by atoms with Gasteiger partial charge in [0.05, 0.1) is 17.8 Å². The lowest BCUT2D eigenvalue weighted by molar-refractivity contribution is -0.137. The van der Waals surface area contributed by atoms with E-state index in [2.05, 4.69) is 15.1 Å². The van der Waals surface area contributed by atoms with Crippen LogP contribution in [0.5, 0.6) is 5.88 Å². The van der Waals surface area contributed by atoms with Crippen molar-refractivity contribution < 1.29 is 19.4 Å². The Morgan fingerprint density at radius 1 is 1.34 bits per heavy atom. The number of carbonyl (C=O) groups excluding carboxylic acids is 1. The van der Waals surface area contributed by atoms with Crippen LogP contribution in [-0.4, -0.2) is 49.9 Å². The number of nitrogens with zero attached hydrogens (tertiary/aromatic N) is 5. The van der Waals surface area contributed by atoms with E-state index in [0.29, 0.717) is 21.8 Å². The van der Waals surface area contributed by atoms with Crippen LogP contribution in [0.1, 0.15) is 10.4 Å². The highest BCUT2D eigenvalue weighted by Gasteiger charge is 2.29. The van der Waals surface area contributed by atoms with E-state index < -0.39 is 5.97 Å². The van der Waals surface area contributed by atoms with E-state index in [1.54, 1.807) is 24.4 Å². The number of nitrogens with two attached hydrogens (primary N) is 1. The molecule has 0 radical (unpaired) electrons. The van der Waals surface area contributed by atoms with Crippen molar-refractivity contribution in [2.75, 3.05) is 23.8 Å². The molecule has 2 aromatic heterocycles. The number of hydrogen-bond acceptors (Lipinski definition) is 7. The Morgan fingerprint density at radius 3 is 2.93 bits per heavy atom. The minimum atomic E-state index is -0.994. The number of aliphatic carboxylic acids is 1. The summed E-state index contributed by atoms with van der Waals surface area (Å²) in [5, 5.41) is 13.3. The molecule has 3 heterocycles. The first-order chi connectivity index (χ1) is 13.9. The van der Waals surface area contributed by atoms with Crippen LogP contribution in [0.15, 0.2) is 36.9 Å². The molecule has 1 amide bonds. The smallest absolute Gasteiger partial charge is 0.325 e. The van der Waals surface area contributed by atoms with E-state index in [1.807, 2.05) is 0 Å². The van der Waals surface area contributed by atoms with E-state index in [-0.39, 0.29) is 42.9 Å². The predicted octanol–water partition coefficient (Wildman–Crippen LogP) is 1.70. The molecule has 0 atom stereocenters. The zero-order valence-corrected chi connectivity index (χ0v) is 15.7. The number of carbonyl (C=O) groups is 2. The molecular weight excluding hydrogens is 400 g/mol. The summed E-state index contributed by atoms with van der Waals surface area (Å²) in [5.74, 6) is -1.18. The Balaban J connectivity index is 1.66. The molecule has 4 rings (SSSR count). The second kappa shape index (κ2) is 7.40. The molecule has 0 aliphatic carbocycles. The molecule has 1 aromatic carbocycles. The Bertz CT molecular complexity index is 1120. The van der Waals surface area contributed by atoms with Crippen molar-refractivity contribution in [3.8, 4) is 17.0 Å². The molecule has 0 spiro atoms. The number of anilines is 2. The van der Waals surface area contributed by atoms with Gasteiger partial charge in [-0.15, -0.1) is 0 Å². The summed E-state index contributed by atoms with van der Waals surface area (Å²) in [5.41, 5.74) is 7.84. The molecule has 148 valence electrons. The number of carboxylic acid groups (broad SMARTS) is 1. The number of nitrogen functional groups attached to an aromatic ring is 1. The van der Waals surface area contributed by atoms with Gasteiger partial charge >= 0.3 is 5.97 Å². The standard InChI is InChI=1S/C18H15ClN6O4/c19-13-5-11(1-2-12(13)10-6-23-24(7-10)8-14(26)27)25-3-4-29-17-15(18(25)28)16(20)21-9-22-17/h1-2,5-7,9H,3-4,8H2,(H,26,27)(H2,20,21,22). The van der Waals surface area contributed by atoms with Gasteiger partial charge in [-0.1, -0.05) is 17.7 Å². The first-order valence-electron chi connectivity index (χ1n) is 8.53. The Hall–Kier alpha value is -3.66. The number of halogens is 1. The van der Waals surface area contributed by atoms with Crippen molar-refractivity contribution >= 4 is 35.0 Å². The molecule has 29 heavy (non-hydrogen) atoms.